The number of rotatable bonds is 5. The number of fused-ring (bicyclic) bond motifs is 1. The number of primary amides is 1. The summed E-state index contributed by atoms with van der Waals surface area (Å²) < 4.78 is 1.77. The van der Waals surface area contributed by atoms with Crippen molar-refractivity contribution in [2.75, 3.05) is 31.1 Å². The van der Waals surface area contributed by atoms with Gasteiger partial charge < -0.3 is 10.6 Å². The summed E-state index contributed by atoms with van der Waals surface area (Å²) >= 11 is 0. The first-order valence-electron chi connectivity index (χ1n) is 11.9. The molecule has 2 aliphatic rings. The van der Waals surface area contributed by atoms with Gasteiger partial charge in [0, 0.05) is 13.1 Å². The lowest BCUT2D eigenvalue weighted by atomic mass is 9.83. The predicted octanol–water partition coefficient (Wildman–Crippen LogP) is 2.75. The zero-order chi connectivity index (χ0) is 22.8. The molecule has 172 valence electrons. The van der Waals surface area contributed by atoms with Crippen LogP contribution < -0.4 is 16.2 Å². The Bertz CT molecular complexity index is 1190. The summed E-state index contributed by atoms with van der Waals surface area (Å²) in [5, 5.41) is 0.619. The SMILES string of the molecule is NC(=O)C1(N2CCCCC2)CCN(c2nc3ccccc3c(=O)n2Cc2ccccc2)CC1. The molecule has 0 unspecified atom stereocenters. The summed E-state index contributed by atoms with van der Waals surface area (Å²) in [6.07, 6.45) is 4.74. The van der Waals surface area contributed by atoms with Gasteiger partial charge in [0.05, 0.1) is 17.4 Å². The molecule has 2 fully saturated rings. The summed E-state index contributed by atoms with van der Waals surface area (Å²) in [4.78, 5) is 35.5. The van der Waals surface area contributed by atoms with Crippen molar-refractivity contribution >= 4 is 22.8 Å². The molecule has 2 aliphatic heterocycles. The molecule has 2 aromatic carbocycles. The number of hydrogen-bond donors (Lipinski definition) is 1. The summed E-state index contributed by atoms with van der Waals surface area (Å²) in [6.45, 7) is 3.58. The summed E-state index contributed by atoms with van der Waals surface area (Å²) in [5.41, 5.74) is 7.09. The highest BCUT2D eigenvalue weighted by molar-refractivity contribution is 5.85. The standard InChI is InChI=1S/C26H31N5O2/c27-24(33)26(30-15-7-2-8-16-30)13-17-29(18-14-26)25-28-22-12-6-5-11-21(22)23(32)31(25)19-20-9-3-1-4-10-20/h1,3-6,9-12H,2,7-8,13-19H2,(H2,27,33). The van der Waals surface area contributed by atoms with Crippen LogP contribution in [0.2, 0.25) is 0 Å². The van der Waals surface area contributed by atoms with E-state index in [0.29, 0.717) is 49.3 Å². The van der Waals surface area contributed by atoms with Gasteiger partial charge in [-0.05, 0) is 56.5 Å². The van der Waals surface area contributed by atoms with Crippen LogP contribution in [0.25, 0.3) is 10.9 Å². The third kappa shape index (κ3) is 4.02. The molecular formula is C26H31N5O2. The van der Waals surface area contributed by atoms with Gasteiger partial charge in [0.25, 0.3) is 5.56 Å². The average molecular weight is 446 g/mol. The average Bonchev–Trinajstić information content (AvgIpc) is 2.87. The summed E-state index contributed by atoms with van der Waals surface area (Å²) in [6, 6.07) is 17.5. The van der Waals surface area contributed by atoms with E-state index in [1.165, 1.54) is 6.42 Å². The molecule has 0 radical (unpaired) electrons. The van der Waals surface area contributed by atoms with Crippen molar-refractivity contribution in [1.82, 2.24) is 14.5 Å². The van der Waals surface area contributed by atoms with Gasteiger partial charge >= 0.3 is 0 Å². The molecule has 7 nitrogen and oxygen atoms in total. The molecule has 0 aliphatic carbocycles. The summed E-state index contributed by atoms with van der Waals surface area (Å²) in [7, 11) is 0. The van der Waals surface area contributed by atoms with Crippen LogP contribution in [0.3, 0.4) is 0 Å². The topological polar surface area (TPSA) is 84.5 Å². The smallest absolute Gasteiger partial charge is 0.263 e. The number of carbonyl (C=O) groups is 1. The number of likely N-dealkylation sites (tertiary alicyclic amines) is 1. The largest absolute Gasteiger partial charge is 0.368 e. The lowest BCUT2D eigenvalue weighted by molar-refractivity contribution is -0.132. The number of aromatic nitrogens is 2. The van der Waals surface area contributed by atoms with Crippen molar-refractivity contribution in [3.63, 3.8) is 0 Å². The molecule has 5 rings (SSSR count). The molecule has 0 saturated carbocycles. The highest BCUT2D eigenvalue weighted by atomic mass is 16.2. The van der Waals surface area contributed by atoms with Gasteiger partial charge in [-0.15, -0.1) is 0 Å². The van der Waals surface area contributed by atoms with Gasteiger partial charge in [0.1, 0.15) is 5.54 Å². The third-order valence-electron chi connectivity index (χ3n) is 7.32. The normalized spacial score (nSPS) is 19.0. The fourth-order valence-electron chi connectivity index (χ4n) is 5.42. The van der Waals surface area contributed by atoms with E-state index in [9.17, 15) is 9.59 Å². The molecule has 3 aromatic rings. The lowest BCUT2D eigenvalue weighted by Crippen LogP contribution is -2.63. The maximum atomic E-state index is 13.5. The van der Waals surface area contributed by atoms with E-state index >= 15 is 0 Å². The number of nitrogens with zero attached hydrogens (tertiary/aromatic N) is 4. The number of amides is 1. The van der Waals surface area contributed by atoms with E-state index in [1.54, 1.807) is 4.57 Å². The van der Waals surface area contributed by atoms with Crippen molar-refractivity contribution in [3.05, 3.63) is 70.5 Å². The van der Waals surface area contributed by atoms with Crippen LogP contribution in [0.4, 0.5) is 5.95 Å². The minimum absolute atomic E-state index is 0.0396. The minimum atomic E-state index is -0.599. The van der Waals surface area contributed by atoms with E-state index in [1.807, 2.05) is 54.6 Å². The van der Waals surface area contributed by atoms with Crippen molar-refractivity contribution in [2.45, 2.75) is 44.2 Å². The first-order chi connectivity index (χ1) is 16.1. The predicted molar refractivity (Wildman–Crippen MR) is 130 cm³/mol. The van der Waals surface area contributed by atoms with Crippen LogP contribution in [-0.2, 0) is 11.3 Å². The fourth-order valence-corrected chi connectivity index (χ4v) is 5.42. The molecule has 1 aromatic heterocycles. The first-order valence-corrected chi connectivity index (χ1v) is 11.9. The number of benzene rings is 2. The van der Waals surface area contributed by atoms with Gasteiger partial charge in [-0.1, -0.05) is 48.9 Å². The highest BCUT2D eigenvalue weighted by Gasteiger charge is 2.45. The second kappa shape index (κ2) is 8.98. The quantitative estimate of drug-likeness (QED) is 0.653. The molecule has 2 saturated heterocycles. The monoisotopic (exact) mass is 445 g/mol. The van der Waals surface area contributed by atoms with Crippen LogP contribution >= 0.6 is 0 Å². The zero-order valence-electron chi connectivity index (χ0n) is 18.9. The fraction of sp³-hybridized carbons (Fsp3) is 0.423. The molecule has 1 amide bonds. The van der Waals surface area contributed by atoms with E-state index in [-0.39, 0.29) is 11.5 Å². The Labute approximate surface area is 193 Å². The van der Waals surface area contributed by atoms with E-state index in [0.717, 1.165) is 31.5 Å². The van der Waals surface area contributed by atoms with Gasteiger partial charge in [-0.25, -0.2) is 4.98 Å². The van der Waals surface area contributed by atoms with Crippen molar-refractivity contribution in [2.24, 2.45) is 5.73 Å². The molecule has 0 atom stereocenters. The molecule has 7 heteroatoms. The lowest BCUT2D eigenvalue weighted by Gasteiger charge is -2.48. The molecular weight excluding hydrogens is 414 g/mol. The van der Waals surface area contributed by atoms with Crippen molar-refractivity contribution in [1.29, 1.82) is 0 Å². The van der Waals surface area contributed by atoms with Gasteiger partial charge in [-0.2, -0.15) is 0 Å². The number of para-hydroxylation sites is 1. The molecule has 0 spiro atoms. The molecule has 2 N–H and O–H groups in total. The van der Waals surface area contributed by atoms with Gasteiger partial charge in [0.15, 0.2) is 0 Å². The maximum Gasteiger partial charge on any atom is 0.263 e. The van der Waals surface area contributed by atoms with Gasteiger partial charge in [0.2, 0.25) is 11.9 Å². The van der Waals surface area contributed by atoms with Crippen LogP contribution in [0.1, 0.15) is 37.7 Å². The Morgan fingerprint density at radius 2 is 1.58 bits per heavy atom. The van der Waals surface area contributed by atoms with E-state index < -0.39 is 5.54 Å². The Morgan fingerprint density at radius 3 is 2.27 bits per heavy atom. The van der Waals surface area contributed by atoms with E-state index in [4.69, 9.17) is 10.7 Å². The Kier molecular flexibility index (Phi) is 5.89. The first kappa shape index (κ1) is 21.6. The highest BCUT2D eigenvalue weighted by Crippen LogP contribution is 2.33. The second-order valence-electron chi connectivity index (χ2n) is 9.24. The van der Waals surface area contributed by atoms with Crippen LogP contribution in [-0.4, -0.2) is 52.1 Å². The molecule has 33 heavy (non-hydrogen) atoms. The Morgan fingerprint density at radius 1 is 0.909 bits per heavy atom. The van der Waals surface area contributed by atoms with Crippen LogP contribution in [0.5, 0.6) is 0 Å². The maximum absolute atomic E-state index is 13.5. The number of carbonyl (C=O) groups excluding carboxylic acids is 1. The van der Waals surface area contributed by atoms with Crippen molar-refractivity contribution in [3.8, 4) is 0 Å². The third-order valence-corrected chi connectivity index (χ3v) is 7.32. The van der Waals surface area contributed by atoms with Crippen molar-refractivity contribution < 1.29 is 4.79 Å². The summed E-state index contributed by atoms with van der Waals surface area (Å²) in [5.74, 6) is 0.441. The number of piperidine rings is 2. The second-order valence-corrected chi connectivity index (χ2v) is 9.24. The molecule has 0 bridgehead atoms. The van der Waals surface area contributed by atoms with Gasteiger partial charge in [-0.3, -0.25) is 19.1 Å². The van der Waals surface area contributed by atoms with Crippen LogP contribution in [0.15, 0.2) is 59.4 Å². The zero-order valence-corrected chi connectivity index (χ0v) is 18.9. The number of hydrogen-bond acceptors (Lipinski definition) is 5. The molecule has 3 heterocycles. The Balaban J connectivity index is 1.50. The van der Waals surface area contributed by atoms with Crippen LogP contribution in [0, 0.1) is 0 Å². The minimum Gasteiger partial charge on any atom is -0.368 e. The van der Waals surface area contributed by atoms with E-state index in [2.05, 4.69) is 9.80 Å². The number of anilines is 1. The Hall–Kier alpha value is -3.19. The number of nitrogens with two attached hydrogens (primary N) is 1.